The van der Waals surface area contributed by atoms with Gasteiger partial charge in [-0.05, 0) is 25.7 Å². The van der Waals surface area contributed by atoms with E-state index < -0.39 is 78.1 Å². The molecule has 0 saturated heterocycles. The van der Waals surface area contributed by atoms with E-state index >= 15 is 0 Å². The zero-order chi connectivity index (χ0) is 59.6. The highest BCUT2D eigenvalue weighted by Crippen LogP contribution is 2.19. The zero-order valence-electron chi connectivity index (χ0n) is 51.1. The van der Waals surface area contributed by atoms with Crippen LogP contribution in [0.25, 0.3) is 0 Å². The van der Waals surface area contributed by atoms with Gasteiger partial charge >= 0.3 is 11.9 Å². The Morgan fingerprint density at radius 1 is 0.228 bits per heavy atom. The molecule has 0 aromatic carbocycles. The highest BCUT2D eigenvalue weighted by atomic mass is 16.4. The van der Waals surface area contributed by atoms with Gasteiger partial charge in [-0.3, -0.25) is 28.8 Å². The molecule has 0 bridgehead atoms. The summed E-state index contributed by atoms with van der Waals surface area (Å²) in [4.78, 5) is 67.7. The van der Waals surface area contributed by atoms with Crippen LogP contribution >= 0.6 is 0 Å². The smallest absolute Gasteiger partial charge is 0.314 e. The average Bonchev–Trinajstić information content (AvgIpc) is 3.42. The summed E-state index contributed by atoms with van der Waals surface area (Å²) < 4.78 is 0. The van der Waals surface area contributed by atoms with Crippen LogP contribution in [-0.2, 0) is 28.8 Å². The Hall–Kier alpha value is -2.62. The van der Waals surface area contributed by atoms with E-state index in [2.05, 4.69) is 27.7 Å². The van der Waals surface area contributed by atoms with Crippen LogP contribution in [0.5, 0.6) is 0 Å². The Balaban J connectivity index is -0.00000130. The SMILES string of the molecule is CCCCCCCCCCCCCC(=O)C(O)C(O)C(O)C(=O)CCCCCCCCCCCCC.CCCCCCCCCCCCCC(=O)C(O)C(O)C(O)C(=O)CCCCCCCCCCCCC.O=C(O)CC(=O)O. The molecule has 4 atom stereocenters. The molecule has 0 saturated carbocycles. The molecule has 0 fully saturated rings. The normalized spacial score (nSPS) is 13.5. The van der Waals surface area contributed by atoms with E-state index in [9.17, 15) is 59.4 Å². The fourth-order valence-corrected chi connectivity index (χ4v) is 9.68. The molecule has 0 amide bonds. The highest BCUT2D eigenvalue weighted by molar-refractivity contribution is 5.89. The number of hydrogen-bond acceptors (Lipinski definition) is 12. The first-order chi connectivity index (χ1) is 38.0. The van der Waals surface area contributed by atoms with Crippen LogP contribution < -0.4 is 0 Å². The molecule has 0 aromatic heterocycles. The van der Waals surface area contributed by atoms with Crippen LogP contribution in [0.1, 0.15) is 342 Å². The maximum Gasteiger partial charge on any atom is 0.314 e. The van der Waals surface area contributed by atoms with E-state index in [0.717, 1.165) is 51.4 Å². The maximum atomic E-state index is 12.2. The average molecular weight is 1130 g/mol. The van der Waals surface area contributed by atoms with Crippen molar-refractivity contribution in [3.8, 4) is 0 Å². The topological polar surface area (TPSA) is 264 Å². The van der Waals surface area contributed by atoms with Gasteiger partial charge in [0.05, 0.1) is 0 Å². The van der Waals surface area contributed by atoms with Crippen LogP contribution in [0, 0.1) is 0 Å². The van der Waals surface area contributed by atoms with E-state index in [1.807, 2.05) is 0 Å². The first-order valence-electron chi connectivity index (χ1n) is 32.7. The Bertz CT molecular complexity index is 1220. The molecule has 0 spiro atoms. The lowest BCUT2D eigenvalue weighted by Crippen LogP contribution is -2.45. The molecule has 8 N–H and O–H groups in total. The zero-order valence-corrected chi connectivity index (χ0v) is 51.1. The molecule has 0 aliphatic heterocycles. The van der Waals surface area contributed by atoms with E-state index in [-0.39, 0.29) is 25.7 Å². The van der Waals surface area contributed by atoms with E-state index in [0.29, 0.717) is 25.7 Å². The fraction of sp³-hybridized carbons (Fsp3) is 0.908. The Morgan fingerprint density at radius 3 is 0.468 bits per heavy atom. The van der Waals surface area contributed by atoms with Crippen molar-refractivity contribution in [2.75, 3.05) is 0 Å². The number of rotatable bonds is 58. The van der Waals surface area contributed by atoms with Gasteiger partial charge < -0.3 is 40.9 Å². The summed E-state index contributed by atoms with van der Waals surface area (Å²) >= 11 is 0. The first kappa shape index (κ1) is 80.6. The standard InChI is InChI=1S/2C31H60O5.C3H4O4/c2*1-3-5-7-9-11-13-15-17-19-21-23-25-27(32)29(34)31(36)30(35)28(33)26-24-22-20-18-16-14-12-10-8-6-4-2;4-2(5)1-3(6)7/h2*29-31,34-36H,3-26H2,1-2H3;1H2,(H,4,5)(H,6,7). The molecule has 468 valence electrons. The lowest BCUT2D eigenvalue weighted by Gasteiger charge is -2.21. The van der Waals surface area contributed by atoms with E-state index in [4.69, 9.17) is 10.2 Å². The third kappa shape index (κ3) is 55.7. The number of carboxylic acids is 2. The quantitative estimate of drug-likeness (QED) is 0.0208. The van der Waals surface area contributed by atoms with Crippen LogP contribution in [0.15, 0.2) is 0 Å². The monoisotopic (exact) mass is 1130 g/mol. The molecule has 4 unspecified atom stereocenters. The van der Waals surface area contributed by atoms with Gasteiger partial charge in [-0.1, -0.05) is 285 Å². The third-order valence-corrected chi connectivity index (χ3v) is 15.0. The molecule has 79 heavy (non-hydrogen) atoms. The van der Waals surface area contributed by atoms with Crippen LogP contribution in [-0.4, -0.2) is 113 Å². The van der Waals surface area contributed by atoms with Crippen molar-refractivity contribution < 1.29 is 69.6 Å². The second-order valence-electron chi connectivity index (χ2n) is 22.7. The molecule has 14 heteroatoms. The maximum absolute atomic E-state index is 12.2. The van der Waals surface area contributed by atoms with Crippen LogP contribution in [0.3, 0.4) is 0 Å². The molecule has 14 nitrogen and oxygen atoms in total. The second-order valence-corrected chi connectivity index (χ2v) is 22.7. The van der Waals surface area contributed by atoms with Gasteiger partial charge in [0.15, 0.2) is 23.1 Å². The van der Waals surface area contributed by atoms with Gasteiger partial charge in [0.2, 0.25) is 0 Å². The molecule has 0 radical (unpaired) electrons. The lowest BCUT2D eigenvalue weighted by atomic mass is 9.95. The van der Waals surface area contributed by atoms with Crippen LogP contribution in [0.4, 0.5) is 0 Å². The second kappa shape index (κ2) is 61.5. The van der Waals surface area contributed by atoms with Crippen molar-refractivity contribution in [1.82, 2.24) is 0 Å². The minimum Gasteiger partial charge on any atom is -0.481 e. The number of carboxylic acid groups (broad SMARTS) is 2. The summed E-state index contributed by atoms with van der Waals surface area (Å²) in [5.74, 6) is -4.57. The molecule has 0 heterocycles. The van der Waals surface area contributed by atoms with Crippen molar-refractivity contribution in [2.24, 2.45) is 0 Å². The van der Waals surface area contributed by atoms with Crippen molar-refractivity contribution in [3.63, 3.8) is 0 Å². The molecule has 0 rings (SSSR count). The van der Waals surface area contributed by atoms with Gasteiger partial charge in [-0.25, -0.2) is 0 Å². The van der Waals surface area contributed by atoms with Crippen LogP contribution in [0.2, 0.25) is 0 Å². The van der Waals surface area contributed by atoms with Gasteiger partial charge in [0, 0.05) is 25.7 Å². The van der Waals surface area contributed by atoms with Crippen molar-refractivity contribution in [3.05, 3.63) is 0 Å². The largest absolute Gasteiger partial charge is 0.481 e. The van der Waals surface area contributed by atoms with Crippen molar-refractivity contribution >= 4 is 35.1 Å². The Kier molecular flexibility index (Phi) is 62.7. The van der Waals surface area contributed by atoms with E-state index in [1.54, 1.807) is 0 Å². The summed E-state index contributed by atoms with van der Waals surface area (Å²) in [5.41, 5.74) is 0. The number of aliphatic carboxylic acids is 2. The summed E-state index contributed by atoms with van der Waals surface area (Å²) in [6.45, 7) is 8.92. The molecule has 0 aliphatic carbocycles. The van der Waals surface area contributed by atoms with Gasteiger partial charge in [0.25, 0.3) is 0 Å². The molecule has 0 aliphatic rings. The molecule has 0 aromatic rings. The predicted molar refractivity (Wildman–Crippen MR) is 320 cm³/mol. The third-order valence-electron chi connectivity index (χ3n) is 15.0. The van der Waals surface area contributed by atoms with Gasteiger partial charge in [-0.15, -0.1) is 0 Å². The summed E-state index contributed by atoms with van der Waals surface area (Å²) in [6, 6.07) is 0. The summed E-state index contributed by atoms with van der Waals surface area (Å²) in [7, 11) is 0. The highest BCUT2D eigenvalue weighted by Gasteiger charge is 2.34. The van der Waals surface area contributed by atoms with Gasteiger partial charge in [0.1, 0.15) is 43.0 Å². The minimum absolute atomic E-state index is 0.175. The lowest BCUT2D eigenvalue weighted by molar-refractivity contribution is -0.148. The fourth-order valence-electron chi connectivity index (χ4n) is 9.68. The summed E-state index contributed by atoms with van der Waals surface area (Å²) in [6.07, 6.45) is 41.4. The number of hydrogen-bond donors (Lipinski definition) is 8. The number of carbonyl (C=O) groups is 6. The van der Waals surface area contributed by atoms with Crippen molar-refractivity contribution in [2.45, 2.75) is 379 Å². The number of carbonyl (C=O) groups excluding carboxylic acids is 4. The predicted octanol–water partition coefficient (Wildman–Crippen LogP) is 14.8. The summed E-state index contributed by atoms with van der Waals surface area (Å²) in [5, 5.41) is 76.1. The number of aliphatic hydroxyl groups is 6. The number of Topliss-reactive ketones (excluding diaryl/α,β-unsaturated/α-hetero) is 4. The number of unbranched alkanes of at least 4 members (excludes halogenated alkanes) is 40. The molecular formula is C65H124O14. The number of aliphatic hydroxyl groups excluding tert-OH is 6. The van der Waals surface area contributed by atoms with Crippen molar-refractivity contribution in [1.29, 1.82) is 0 Å². The molecular weight excluding hydrogens is 1000 g/mol. The Labute approximate surface area is 481 Å². The number of ketones is 4. The van der Waals surface area contributed by atoms with Gasteiger partial charge in [-0.2, -0.15) is 0 Å². The Morgan fingerprint density at radius 2 is 0.354 bits per heavy atom. The first-order valence-corrected chi connectivity index (χ1v) is 32.7. The minimum atomic E-state index is -1.73. The van der Waals surface area contributed by atoms with E-state index in [1.165, 1.54) is 205 Å².